The summed E-state index contributed by atoms with van der Waals surface area (Å²) in [6.07, 6.45) is 1.63. The molecule has 1 aliphatic heterocycles. The maximum Gasteiger partial charge on any atom is 0.286 e. The number of aliphatic imine (C=N–C) groups is 1. The van der Waals surface area contributed by atoms with Crippen LogP contribution < -0.4 is 0 Å². The predicted molar refractivity (Wildman–Crippen MR) is 106 cm³/mol. The summed E-state index contributed by atoms with van der Waals surface area (Å²) in [6, 6.07) is 10.1. The number of nitrogens with zero attached hydrogens (tertiary/aromatic N) is 3. The number of carbonyl (C=O) groups is 1. The molecule has 0 aromatic heterocycles. The molecule has 0 saturated carbocycles. The zero-order chi connectivity index (χ0) is 18.9. The zero-order valence-electron chi connectivity index (χ0n) is 14.3. The van der Waals surface area contributed by atoms with Gasteiger partial charge in [0.25, 0.3) is 5.91 Å². The molecule has 0 radical (unpaired) electrons. The van der Waals surface area contributed by atoms with Gasteiger partial charge < -0.3 is 4.90 Å². The highest BCUT2D eigenvalue weighted by atomic mass is 35.5. The lowest BCUT2D eigenvalue weighted by Crippen LogP contribution is -2.14. The van der Waals surface area contributed by atoms with Crippen LogP contribution in [0.2, 0.25) is 10.0 Å². The monoisotopic (exact) mass is 409 g/mol. The second-order valence-electron chi connectivity index (χ2n) is 5.93. The van der Waals surface area contributed by atoms with Gasteiger partial charge in [0.2, 0.25) is 0 Å². The van der Waals surface area contributed by atoms with E-state index in [4.69, 9.17) is 23.2 Å². The molecular formula is C18H17Cl2N3O2S. The first-order valence-electron chi connectivity index (χ1n) is 7.94. The van der Waals surface area contributed by atoms with E-state index in [1.54, 1.807) is 42.7 Å². The van der Waals surface area contributed by atoms with Crippen LogP contribution in [0.15, 0.2) is 50.6 Å². The summed E-state index contributed by atoms with van der Waals surface area (Å²) in [7, 11) is -1.04. The summed E-state index contributed by atoms with van der Waals surface area (Å²) in [6.45, 7) is 2.78. The number of halogens is 2. The van der Waals surface area contributed by atoms with Crippen LogP contribution in [0.5, 0.6) is 0 Å². The molecule has 136 valence electrons. The van der Waals surface area contributed by atoms with Crippen molar-refractivity contribution >= 4 is 50.9 Å². The lowest BCUT2D eigenvalue weighted by molar-refractivity contribution is 0.101. The standard InChI is InChI=1S/C18H17Cl2N3O2S/c1-3-23(2)11-21-16-8-14-17(9-15(16)20)26(25,22-18(14)24)10-12-4-6-13(19)7-5-12/h4-9,11H,3,10H2,1-2H3. The number of benzene rings is 2. The van der Waals surface area contributed by atoms with Gasteiger partial charge in [-0.3, -0.25) is 4.79 Å². The molecule has 0 N–H and O–H groups in total. The fourth-order valence-corrected chi connectivity index (χ4v) is 4.99. The molecule has 0 fully saturated rings. The summed E-state index contributed by atoms with van der Waals surface area (Å²) >= 11 is 12.2. The van der Waals surface area contributed by atoms with Gasteiger partial charge in [-0.25, -0.2) is 9.20 Å². The summed E-state index contributed by atoms with van der Waals surface area (Å²) in [5.41, 5.74) is 1.52. The molecule has 2 aromatic rings. The fourth-order valence-electron chi connectivity index (χ4n) is 2.46. The second-order valence-corrected chi connectivity index (χ2v) is 8.96. The molecule has 1 heterocycles. The third-order valence-electron chi connectivity index (χ3n) is 4.02. The normalized spacial score (nSPS) is 18.8. The highest BCUT2D eigenvalue weighted by Crippen LogP contribution is 2.37. The Kier molecular flexibility index (Phi) is 5.37. The summed E-state index contributed by atoms with van der Waals surface area (Å²) in [4.78, 5) is 18.8. The van der Waals surface area contributed by atoms with E-state index in [1.165, 1.54) is 0 Å². The maximum atomic E-state index is 13.3. The van der Waals surface area contributed by atoms with E-state index in [2.05, 4.69) is 9.36 Å². The van der Waals surface area contributed by atoms with Crippen molar-refractivity contribution in [1.82, 2.24) is 4.90 Å². The van der Waals surface area contributed by atoms with Crippen LogP contribution in [0.4, 0.5) is 5.69 Å². The van der Waals surface area contributed by atoms with Crippen molar-refractivity contribution in [3.63, 3.8) is 0 Å². The molecule has 8 heteroatoms. The Morgan fingerprint density at radius 2 is 1.92 bits per heavy atom. The number of fused-ring (bicyclic) bond motifs is 1. The molecule has 1 unspecified atom stereocenters. The number of rotatable bonds is 5. The highest BCUT2D eigenvalue weighted by molar-refractivity contribution is 7.93. The Labute approximate surface area is 162 Å². The molecule has 1 amide bonds. The van der Waals surface area contributed by atoms with Crippen molar-refractivity contribution in [2.24, 2.45) is 9.36 Å². The van der Waals surface area contributed by atoms with E-state index >= 15 is 0 Å². The molecule has 1 atom stereocenters. The number of hydrogen-bond acceptors (Lipinski definition) is 3. The van der Waals surface area contributed by atoms with Crippen LogP contribution >= 0.6 is 23.2 Å². The van der Waals surface area contributed by atoms with E-state index < -0.39 is 15.6 Å². The lowest BCUT2D eigenvalue weighted by atomic mass is 10.2. The van der Waals surface area contributed by atoms with Gasteiger partial charge >= 0.3 is 0 Å². The highest BCUT2D eigenvalue weighted by Gasteiger charge is 2.30. The minimum absolute atomic E-state index is 0.125. The maximum absolute atomic E-state index is 13.3. The Morgan fingerprint density at radius 1 is 1.23 bits per heavy atom. The van der Waals surface area contributed by atoms with Crippen LogP contribution in [0.3, 0.4) is 0 Å². The average Bonchev–Trinajstić information content (AvgIpc) is 2.84. The van der Waals surface area contributed by atoms with Crippen molar-refractivity contribution in [2.75, 3.05) is 13.6 Å². The van der Waals surface area contributed by atoms with Gasteiger partial charge in [-0.1, -0.05) is 35.3 Å². The quantitative estimate of drug-likeness (QED) is 0.526. The van der Waals surface area contributed by atoms with Crippen LogP contribution in [0.25, 0.3) is 0 Å². The van der Waals surface area contributed by atoms with Gasteiger partial charge in [-0.15, -0.1) is 0 Å². The van der Waals surface area contributed by atoms with Gasteiger partial charge in [-0.05, 0) is 36.8 Å². The first-order valence-corrected chi connectivity index (χ1v) is 10.4. The van der Waals surface area contributed by atoms with Crippen molar-refractivity contribution in [3.8, 4) is 0 Å². The number of hydrogen-bond donors (Lipinski definition) is 0. The van der Waals surface area contributed by atoms with Crippen LogP contribution in [-0.2, 0) is 15.5 Å². The molecule has 0 saturated heterocycles. The van der Waals surface area contributed by atoms with Gasteiger partial charge in [0.05, 0.1) is 43.0 Å². The summed E-state index contributed by atoms with van der Waals surface area (Å²) < 4.78 is 17.3. The van der Waals surface area contributed by atoms with Crippen molar-refractivity contribution in [3.05, 3.63) is 57.6 Å². The molecule has 0 bridgehead atoms. The Balaban J connectivity index is 1.99. The average molecular weight is 410 g/mol. The van der Waals surface area contributed by atoms with E-state index in [9.17, 15) is 9.00 Å². The third kappa shape index (κ3) is 3.77. The lowest BCUT2D eigenvalue weighted by Gasteiger charge is -2.10. The SMILES string of the molecule is CCN(C)C=Nc1cc2c(cc1Cl)S(=O)(Cc1ccc(Cl)cc1)=NC2=O. The molecule has 2 aromatic carbocycles. The number of carbonyl (C=O) groups excluding carboxylic acids is 1. The van der Waals surface area contributed by atoms with Crippen molar-refractivity contribution in [2.45, 2.75) is 17.6 Å². The van der Waals surface area contributed by atoms with Gasteiger partial charge in [0.15, 0.2) is 0 Å². The van der Waals surface area contributed by atoms with E-state index in [-0.39, 0.29) is 5.75 Å². The second kappa shape index (κ2) is 7.39. The van der Waals surface area contributed by atoms with Crippen molar-refractivity contribution < 1.29 is 9.00 Å². The minimum Gasteiger partial charge on any atom is -0.366 e. The van der Waals surface area contributed by atoms with Gasteiger partial charge in [0.1, 0.15) is 0 Å². The first-order chi connectivity index (χ1) is 12.3. The molecule has 26 heavy (non-hydrogen) atoms. The zero-order valence-corrected chi connectivity index (χ0v) is 16.6. The van der Waals surface area contributed by atoms with Crippen LogP contribution in [0, 0.1) is 0 Å². The van der Waals surface area contributed by atoms with Gasteiger partial charge in [-0.2, -0.15) is 4.36 Å². The van der Waals surface area contributed by atoms with E-state index in [0.29, 0.717) is 26.2 Å². The molecule has 3 rings (SSSR count). The molecule has 0 aliphatic carbocycles. The fraction of sp³-hybridized carbons (Fsp3) is 0.222. The topological polar surface area (TPSA) is 62.1 Å². The Bertz CT molecular complexity index is 1010. The molecule has 1 aliphatic rings. The van der Waals surface area contributed by atoms with E-state index in [0.717, 1.165) is 12.1 Å². The smallest absolute Gasteiger partial charge is 0.286 e. The minimum atomic E-state index is -2.92. The van der Waals surface area contributed by atoms with E-state index in [1.807, 2.05) is 18.9 Å². The Hall–Kier alpha value is -1.89. The van der Waals surface area contributed by atoms with Crippen molar-refractivity contribution in [1.29, 1.82) is 0 Å². The third-order valence-corrected chi connectivity index (χ3v) is 6.79. The largest absolute Gasteiger partial charge is 0.366 e. The van der Waals surface area contributed by atoms with Crippen LogP contribution in [0.1, 0.15) is 22.8 Å². The first kappa shape index (κ1) is 18.9. The van der Waals surface area contributed by atoms with Gasteiger partial charge in [0, 0.05) is 18.6 Å². The molecule has 5 nitrogen and oxygen atoms in total. The van der Waals surface area contributed by atoms with Crippen LogP contribution in [-0.4, -0.2) is 34.9 Å². The molecule has 0 spiro atoms. The number of amides is 1. The Morgan fingerprint density at radius 3 is 2.58 bits per heavy atom. The summed E-state index contributed by atoms with van der Waals surface area (Å²) in [5, 5.41) is 0.921. The summed E-state index contributed by atoms with van der Waals surface area (Å²) in [5.74, 6) is -0.378. The predicted octanol–water partition coefficient (Wildman–Crippen LogP) is 4.79. The molecular weight excluding hydrogens is 393 g/mol.